The van der Waals surface area contributed by atoms with E-state index in [1.807, 2.05) is 23.1 Å². The molecule has 0 bridgehead atoms. The normalized spacial score (nSPS) is 22.8. The maximum atomic E-state index is 13.2. The summed E-state index contributed by atoms with van der Waals surface area (Å²) in [6.07, 6.45) is 5.64. The van der Waals surface area contributed by atoms with Gasteiger partial charge in [0, 0.05) is 25.3 Å². The molecule has 0 saturated carbocycles. The Kier molecular flexibility index (Phi) is 4.53. The van der Waals surface area contributed by atoms with Crippen molar-refractivity contribution in [3.05, 3.63) is 54.0 Å². The van der Waals surface area contributed by atoms with Crippen LogP contribution in [0.25, 0.3) is 0 Å². The summed E-state index contributed by atoms with van der Waals surface area (Å²) in [6, 6.07) is 9.87. The second-order valence-corrected chi connectivity index (χ2v) is 7.34. The fraction of sp³-hybridized carbons (Fsp3) is 0.429. The number of para-hydroxylation sites is 1. The first-order valence-corrected chi connectivity index (χ1v) is 9.37. The number of carbonyl (C=O) groups is 2. The summed E-state index contributed by atoms with van der Waals surface area (Å²) in [7, 11) is 0. The molecule has 0 radical (unpaired) electrons. The van der Waals surface area contributed by atoms with Crippen LogP contribution in [0.5, 0.6) is 0 Å². The van der Waals surface area contributed by atoms with Crippen molar-refractivity contribution in [3.63, 3.8) is 0 Å². The average molecular weight is 352 g/mol. The average Bonchev–Trinajstić information content (AvgIpc) is 3.22. The van der Waals surface area contributed by atoms with Gasteiger partial charge in [0.2, 0.25) is 5.91 Å². The van der Waals surface area contributed by atoms with Crippen molar-refractivity contribution in [2.24, 2.45) is 5.92 Å². The molecule has 2 aliphatic rings. The van der Waals surface area contributed by atoms with Gasteiger partial charge in [0.15, 0.2) is 0 Å². The van der Waals surface area contributed by atoms with E-state index in [0.717, 1.165) is 31.5 Å². The highest BCUT2D eigenvalue weighted by Crippen LogP contribution is 2.36. The summed E-state index contributed by atoms with van der Waals surface area (Å²) in [5.74, 6) is 0.430. The quantitative estimate of drug-likeness (QED) is 0.829. The molecule has 1 aromatic heterocycles. The number of carbonyl (C=O) groups excluding carboxylic acids is 2. The van der Waals surface area contributed by atoms with Crippen LogP contribution in [0.3, 0.4) is 0 Å². The summed E-state index contributed by atoms with van der Waals surface area (Å²) in [6.45, 7) is 4.15. The molecule has 1 aromatic carbocycles. The van der Waals surface area contributed by atoms with Gasteiger partial charge in [-0.25, -0.2) is 0 Å². The molecule has 0 N–H and O–H groups in total. The molecule has 1 saturated heterocycles. The monoisotopic (exact) mass is 352 g/mol. The lowest BCUT2D eigenvalue weighted by molar-refractivity contribution is -0.123. The van der Waals surface area contributed by atoms with E-state index in [-0.39, 0.29) is 17.7 Å². The summed E-state index contributed by atoms with van der Waals surface area (Å²) < 4.78 is 5.02. The number of nitrogens with zero attached hydrogens (tertiary/aromatic N) is 2. The van der Waals surface area contributed by atoms with Crippen LogP contribution in [0.1, 0.15) is 48.0 Å². The molecule has 136 valence electrons. The Labute approximate surface area is 153 Å². The van der Waals surface area contributed by atoms with E-state index in [2.05, 4.69) is 13.0 Å². The van der Waals surface area contributed by atoms with E-state index in [1.165, 1.54) is 18.1 Å². The van der Waals surface area contributed by atoms with E-state index >= 15 is 0 Å². The van der Waals surface area contributed by atoms with Gasteiger partial charge in [0.05, 0.1) is 17.7 Å². The maximum absolute atomic E-state index is 13.2. The lowest BCUT2D eigenvalue weighted by atomic mass is 9.89. The number of hydrogen-bond donors (Lipinski definition) is 0. The van der Waals surface area contributed by atoms with Crippen LogP contribution in [-0.4, -0.2) is 36.3 Å². The van der Waals surface area contributed by atoms with Gasteiger partial charge >= 0.3 is 0 Å². The van der Waals surface area contributed by atoms with Crippen molar-refractivity contribution in [1.82, 2.24) is 4.90 Å². The number of piperidine rings is 1. The van der Waals surface area contributed by atoms with Crippen LogP contribution >= 0.6 is 0 Å². The third-order valence-electron chi connectivity index (χ3n) is 5.64. The van der Waals surface area contributed by atoms with Gasteiger partial charge in [-0.2, -0.15) is 0 Å². The van der Waals surface area contributed by atoms with Crippen LogP contribution in [0.2, 0.25) is 0 Å². The Hall–Kier alpha value is -2.56. The maximum Gasteiger partial charge on any atom is 0.257 e. The zero-order valence-electron chi connectivity index (χ0n) is 15.1. The molecule has 2 atom stereocenters. The third kappa shape index (κ3) is 3.02. The summed E-state index contributed by atoms with van der Waals surface area (Å²) >= 11 is 0. The lowest BCUT2D eigenvalue weighted by Crippen LogP contribution is -2.48. The van der Waals surface area contributed by atoms with E-state index < -0.39 is 0 Å². The Morgan fingerprint density at radius 3 is 2.77 bits per heavy atom. The Morgan fingerprint density at radius 2 is 1.96 bits per heavy atom. The van der Waals surface area contributed by atoms with Crippen LogP contribution in [-0.2, 0) is 4.79 Å². The van der Waals surface area contributed by atoms with Crippen molar-refractivity contribution >= 4 is 17.5 Å². The van der Waals surface area contributed by atoms with Crippen molar-refractivity contribution in [2.45, 2.75) is 32.1 Å². The summed E-state index contributed by atoms with van der Waals surface area (Å²) in [5, 5.41) is 0. The first-order valence-electron chi connectivity index (χ1n) is 9.37. The minimum Gasteiger partial charge on any atom is -0.472 e. The fourth-order valence-corrected chi connectivity index (χ4v) is 4.13. The van der Waals surface area contributed by atoms with Crippen molar-refractivity contribution in [2.75, 3.05) is 24.5 Å². The molecule has 0 unspecified atom stereocenters. The van der Waals surface area contributed by atoms with Gasteiger partial charge in [0.25, 0.3) is 5.91 Å². The van der Waals surface area contributed by atoms with E-state index in [0.29, 0.717) is 24.6 Å². The second kappa shape index (κ2) is 6.98. The van der Waals surface area contributed by atoms with Crippen molar-refractivity contribution in [1.29, 1.82) is 0 Å². The predicted octanol–water partition coefficient (Wildman–Crippen LogP) is 3.67. The highest BCUT2D eigenvalue weighted by atomic mass is 16.3. The molecule has 5 heteroatoms. The fourth-order valence-electron chi connectivity index (χ4n) is 4.13. The number of hydrogen-bond acceptors (Lipinski definition) is 3. The molecular formula is C21H24N2O3. The first-order chi connectivity index (χ1) is 12.6. The largest absolute Gasteiger partial charge is 0.472 e. The Bertz CT molecular complexity index is 799. The molecular weight excluding hydrogens is 328 g/mol. The van der Waals surface area contributed by atoms with Crippen LogP contribution in [0.4, 0.5) is 5.69 Å². The SMILES string of the molecule is C[C@@H]1CCN(C(=O)[C@@H]2CCCN(C(=O)c3ccoc3)C2)c2ccccc21. The molecule has 4 rings (SSSR count). The zero-order valence-corrected chi connectivity index (χ0v) is 15.1. The lowest BCUT2D eigenvalue weighted by Gasteiger charge is -2.38. The molecule has 0 spiro atoms. The van der Waals surface area contributed by atoms with E-state index in [9.17, 15) is 9.59 Å². The van der Waals surface area contributed by atoms with Gasteiger partial charge in [-0.15, -0.1) is 0 Å². The highest BCUT2D eigenvalue weighted by molar-refractivity contribution is 5.98. The van der Waals surface area contributed by atoms with Gasteiger partial charge in [-0.05, 0) is 42.9 Å². The van der Waals surface area contributed by atoms with Gasteiger partial charge < -0.3 is 14.2 Å². The molecule has 3 heterocycles. The van der Waals surface area contributed by atoms with E-state index in [4.69, 9.17) is 4.42 Å². The van der Waals surface area contributed by atoms with Crippen LogP contribution < -0.4 is 4.90 Å². The third-order valence-corrected chi connectivity index (χ3v) is 5.64. The number of benzene rings is 1. The number of rotatable bonds is 2. The molecule has 26 heavy (non-hydrogen) atoms. The highest BCUT2D eigenvalue weighted by Gasteiger charge is 2.34. The van der Waals surface area contributed by atoms with Gasteiger partial charge in [0.1, 0.15) is 6.26 Å². The predicted molar refractivity (Wildman–Crippen MR) is 99.2 cm³/mol. The minimum atomic E-state index is -0.138. The molecule has 2 aromatic rings. The van der Waals surface area contributed by atoms with Gasteiger partial charge in [-0.1, -0.05) is 25.1 Å². The number of fused-ring (bicyclic) bond motifs is 1. The van der Waals surface area contributed by atoms with Crippen LogP contribution in [0, 0.1) is 5.92 Å². The summed E-state index contributed by atoms with van der Waals surface area (Å²) in [5.41, 5.74) is 2.83. The zero-order chi connectivity index (χ0) is 18.1. The Balaban J connectivity index is 1.52. The number of amides is 2. The summed E-state index contributed by atoms with van der Waals surface area (Å²) in [4.78, 5) is 29.6. The van der Waals surface area contributed by atoms with Crippen molar-refractivity contribution in [3.8, 4) is 0 Å². The molecule has 2 amide bonds. The second-order valence-electron chi connectivity index (χ2n) is 7.34. The first kappa shape index (κ1) is 16.9. The van der Waals surface area contributed by atoms with Gasteiger partial charge in [-0.3, -0.25) is 9.59 Å². The molecule has 2 aliphatic heterocycles. The topological polar surface area (TPSA) is 53.8 Å². The number of anilines is 1. The van der Waals surface area contributed by atoms with Crippen LogP contribution in [0.15, 0.2) is 47.3 Å². The standard InChI is InChI=1S/C21H24N2O3/c1-15-8-11-23(19-7-3-2-6-18(15)19)21(25)16-5-4-10-22(13-16)20(24)17-9-12-26-14-17/h2-3,6-7,9,12,14-16H,4-5,8,10-11,13H2,1H3/t15-,16-/m1/s1. The number of furan rings is 1. The van der Waals surface area contributed by atoms with Crippen molar-refractivity contribution < 1.29 is 14.0 Å². The molecule has 1 fully saturated rings. The minimum absolute atomic E-state index is 0.0519. The number of likely N-dealkylation sites (tertiary alicyclic amines) is 1. The molecule has 0 aliphatic carbocycles. The smallest absolute Gasteiger partial charge is 0.257 e. The molecule has 5 nitrogen and oxygen atoms in total. The van der Waals surface area contributed by atoms with E-state index in [1.54, 1.807) is 11.0 Å². The Morgan fingerprint density at radius 1 is 1.12 bits per heavy atom.